The van der Waals surface area contributed by atoms with Crippen molar-refractivity contribution in [3.8, 4) is 0 Å². The van der Waals surface area contributed by atoms with Crippen LogP contribution in [0.2, 0.25) is 0 Å². The third-order valence-corrected chi connectivity index (χ3v) is 4.24. The Hall–Kier alpha value is -0.580. The molecule has 0 aliphatic heterocycles. The summed E-state index contributed by atoms with van der Waals surface area (Å²) in [5, 5.41) is 3.06. The Bertz CT molecular complexity index is 397. The van der Waals surface area contributed by atoms with Crippen LogP contribution in [-0.4, -0.2) is 5.91 Å². The lowest BCUT2D eigenvalue weighted by Gasteiger charge is -2.19. The minimum absolute atomic E-state index is 0.207. The van der Waals surface area contributed by atoms with E-state index in [1.54, 1.807) is 0 Å². The molecule has 0 atom stereocenters. The van der Waals surface area contributed by atoms with Gasteiger partial charge in [-0.1, -0.05) is 38.2 Å². The van der Waals surface area contributed by atoms with Gasteiger partial charge in [-0.05, 0) is 53.6 Å². The van der Waals surface area contributed by atoms with Gasteiger partial charge >= 0.3 is 0 Å². The monoisotopic (exact) mass is 357 g/mol. The highest BCUT2D eigenvalue weighted by Crippen LogP contribution is 2.24. The highest BCUT2D eigenvalue weighted by Gasteiger charge is 2.19. The van der Waals surface area contributed by atoms with E-state index in [0.717, 1.165) is 22.1 Å². The molecule has 1 amide bonds. The number of rotatable bonds is 2. The molecular weight excluding hydrogens is 337 g/mol. The van der Waals surface area contributed by atoms with Gasteiger partial charge in [0.15, 0.2) is 0 Å². The van der Waals surface area contributed by atoms with Crippen LogP contribution in [0, 0.1) is 9.49 Å². The van der Waals surface area contributed by atoms with Gasteiger partial charge in [-0.3, -0.25) is 4.79 Å². The molecule has 18 heavy (non-hydrogen) atoms. The first-order chi connectivity index (χ1) is 8.75. The summed E-state index contributed by atoms with van der Waals surface area (Å²) in [4.78, 5) is 12.2. The third kappa shape index (κ3) is 4.26. The number of amides is 1. The lowest BCUT2D eigenvalue weighted by molar-refractivity contribution is -0.120. The number of carbonyl (C=O) groups excluding carboxylic acids is 1. The Morgan fingerprint density at radius 1 is 1.11 bits per heavy atom. The normalized spacial score (nSPS) is 17.8. The van der Waals surface area contributed by atoms with Crippen molar-refractivity contribution in [3.05, 3.63) is 27.8 Å². The molecule has 0 saturated heterocycles. The van der Waals surface area contributed by atoms with Crippen molar-refractivity contribution in [2.24, 2.45) is 5.92 Å². The summed E-state index contributed by atoms with van der Waals surface area (Å²) >= 11 is 2.27. The van der Waals surface area contributed by atoms with E-state index in [2.05, 4.69) is 27.9 Å². The van der Waals surface area contributed by atoms with Crippen molar-refractivity contribution in [2.45, 2.75) is 44.9 Å². The molecule has 1 N–H and O–H groups in total. The fourth-order valence-corrected chi connectivity index (χ4v) is 3.07. The molecule has 3 heteroatoms. The molecular formula is C15H20INO. The standard InChI is InChI=1S/C15H20INO/c16-13-9-6-10-14(11-13)17-15(18)12-7-4-2-1-3-5-8-12/h6,9-12H,1-5,7-8H2,(H,17,18). The van der Waals surface area contributed by atoms with Crippen molar-refractivity contribution < 1.29 is 4.79 Å². The van der Waals surface area contributed by atoms with Gasteiger partial charge in [0.05, 0.1) is 0 Å². The van der Waals surface area contributed by atoms with Crippen LogP contribution in [0.15, 0.2) is 24.3 Å². The van der Waals surface area contributed by atoms with Crippen molar-refractivity contribution in [1.82, 2.24) is 0 Å². The maximum absolute atomic E-state index is 12.2. The second-order valence-corrected chi connectivity index (χ2v) is 6.29. The molecule has 1 aliphatic rings. The molecule has 0 unspecified atom stereocenters. The summed E-state index contributed by atoms with van der Waals surface area (Å²) in [5.74, 6) is 0.419. The van der Waals surface area contributed by atoms with Gasteiger partial charge in [0.1, 0.15) is 0 Å². The molecule has 98 valence electrons. The summed E-state index contributed by atoms with van der Waals surface area (Å²) in [6.45, 7) is 0. The second kappa shape index (κ2) is 7.12. The van der Waals surface area contributed by atoms with E-state index < -0.39 is 0 Å². The average molecular weight is 357 g/mol. The molecule has 1 saturated carbocycles. The number of hydrogen-bond acceptors (Lipinski definition) is 1. The van der Waals surface area contributed by atoms with Crippen LogP contribution < -0.4 is 5.32 Å². The Morgan fingerprint density at radius 3 is 2.44 bits per heavy atom. The summed E-state index contributed by atoms with van der Waals surface area (Å²) in [6, 6.07) is 7.99. The number of nitrogens with one attached hydrogen (secondary N) is 1. The molecule has 2 rings (SSSR count). The van der Waals surface area contributed by atoms with Gasteiger partial charge < -0.3 is 5.32 Å². The van der Waals surface area contributed by atoms with E-state index in [4.69, 9.17) is 0 Å². The maximum atomic E-state index is 12.2. The lowest BCUT2D eigenvalue weighted by atomic mass is 9.90. The Balaban J connectivity index is 1.93. The summed E-state index contributed by atoms with van der Waals surface area (Å²) in [5.41, 5.74) is 0.925. The van der Waals surface area contributed by atoms with Crippen molar-refractivity contribution in [2.75, 3.05) is 5.32 Å². The number of halogens is 1. The van der Waals surface area contributed by atoms with E-state index in [0.29, 0.717) is 0 Å². The zero-order valence-corrected chi connectivity index (χ0v) is 12.8. The molecule has 0 heterocycles. The fourth-order valence-electron chi connectivity index (χ4n) is 2.53. The third-order valence-electron chi connectivity index (χ3n) is 3.57. The van der Waals surface area contributed by atoms with E-state index in [1.165, 1.54) is 32.1 Å². The Labute approximate surface area is 123 Å². The quantitative estimate of drug-likeness (QED) is 0.771. The predicted molar refractivity (Wildman–Crippen MR) is 83.6 cm³/mol. The van der Waals surface area contributed by atoms with Gasteiger partial charge in [0, 0.05) is 15.2 Å². The largest absolute Gasteiger partial charge is 0.326 e. The van der Waals surface area contributed by atoms with E-state index in [-0.39, 0.29) is 11.8 Å². The molecule has 1 fully saturated rings. The van der Waals surface area contributed by atoms with E-state index >= 15 is 0 Å². The SMILES string of the molecule is O=C(Nc1cccc(I)c1)C1CCCCCCC1. The summed E-state index contributed by atoms with van der Waals surface area (Å²) < 4.78 is 1.16. The number of carbonyl (C=O) groups is 1. The van der Waals surface area contributed by atoms with Crippen LogP contribution in [0.1, 0.15) is 44.9 Å². The van der Waals surface area contributed by atoms with Crippen molar-refractivity contribution in [3.63, 3.8) is 0 Å². The topological polar surface area (TPSA) is 29.1 Å². The molecule has 0 radical (unpaired) electrons. The highest BCUT2D eigenvalue weighted by molar-refractivity contribution is 14.1. The maximum Gasteiger partial charge on any atom is 0.227 e. The van der Waals surface area contributed by atoms with Crippen LogP contribution in [0.4, 0.5) is 5.69 Å². The number of hydrogen-bond donors (Lipinski definition) is 1. The number of anilines is 1. The van der Waals surface area contributed by atoms with Gasteiger partial charge in [0.25, 0.3) is 0 Å². The summed E-state index contributed by atoms with van der Waals surface area (Å²) in [7, 11) is 0. The Morgan fingerprint density at radius 2 is 1.78 bits per heavy atom. The predicted octanol–water partition coefficient (Wildman–Crippen LogP) is 4.59. The first-order valence-electron chi connectivity index (χ1n) is 6.82. The molecule has 2 nitrogen and oxygen atoms in total. The van der Waals surface area contributed by atoms with Gasteiger partial charge in [-0.25, -0.2) is 0 Å². The first kappa shape index (κ1) is 13.8. The van der Waals surface area contributed by atoms with Crippen LogP contribution in [0.25, 0.3) is 0 Å². The highest BCUT2D eigenvalue weighted by atomic mass is 127. The average Bonchev–Trinajstić information content (AvgIpc) is 2.28. The van der Waals surface area contributed by atoms with Crippen LogP contribution >= 0.6 is 22.6 Å². The van der Waals surface area contributed by atoms with Crippen molar-refractivity contribution in [1.29, 1.82) is 0 Å². The van der Waals surface area contributed by atoms with Gasteiger partial charge in [-0.15, -0.1) is 0 Å². The lowest BCUT2D eigenvalue weighted by Crippen LogP contribution is -2.23. The minimum Gasteiger partial charge on any atom is -0.326 e. The molecule has 1 aromatic carbocycles. The fraction of sp³-hybridized carbons (Fsp3) is 0.533. The van der Waals surface area contributed by atoms with Gasteiger partial charge in [0.2, 0.25) is 5.91 Å². The smallest absolute Gasteiger partial charge is 0.227 e. The zero-order chi connectivity index (χ0) is 12.8. The van der Waals surface area contributed by atoms with Gasteiger partial charge in [-0.2, -0.15) is 0 Å². The molecule has 0 aromatic heterocycles. The summed E-state index contributed by atoms with van der Waals surface area (Å²) in [6.07, 6.45) is 8.41. The van der Waals surface area contributed by atoms with Crippen LogP contribution in [0.5, 0.6) is 0 Å². The van der Waals surface area contributed by atoms with Crippen molar-refractivity contribution >= 4 is 34.2 Å². The first-order valence-corrected chi connectivity index (χ1v) is 7.90. The molecule has 1 aromatic rings. The second-order valence-electron chi connectivity index (χ2n) is 5.04. The van der Waals surface area contributed by atoms with Crippen LogP contribution in [0.3, 0.4) is 0 Å². The molecule has 0 spiro atoms. The zero-order valence-electron chi connectivity index (χ0n) is 10.6. The van der Waals surface area contributed by atoms with E-state index in [9.17, 15) is 4.79 Å². The Kier molecular flexibility index (Phi) is 5.47. The minimum atomic E-state index is 0.207. The molecule has 0 bridgehead atoms. The number of benzene rings is 1. The molecule has 1 aliphatic carbocycles. The van der Waals surface area contributed by atoms with E-state index in [1.807, 2.05) is 24.3 Å². The van der Waals surface area contributed by atoms with Crippen LogP contribution in [-0.2, 0) is 4.79 Å².